The molecule has 0 radical (unpaired) electrons. The lowest BCUT2D eigenvalue weighted by Gasteiger charge is -2.11. The van der Waals surface area contributed by atoms with Crippen LogP contribution in [0.15, 0.2) is 84.9 Å². The summed E-state index contributed by atoms with van der Waals surface area (Å²) in [7, 11) is 0. The van der Waals surface area contributed by atoms with Gasteiger partial charge >= 0.3 is 0 Å². The molecule has 138 valence electrons. The molecule has 0 aliphatic heterocycles. The van der Waals surface area contributed by atoms with E-state index in [9.17, 15) is 4.79 Å². The molecule has 1 N–H and O–H groups in total. The van der Waals surface area contributed by atoms with E-state index in [-0.39, 0.29) is 5.91 Å². The van der Waals surface area contributed by atoms with Gasteiger partial charge in [0.25, 0.3) is 5.91 Å². The summed E-state index contributed by atoms with van der Waals surface area (Å²) in [6, 6.07) is 26.9. The highest BCUT2D eigenvalue weighted by atomic mass is 16.5. The first-order valence-electron chi connectivity index (χ1n) is 9.24. The van der Waals surface area contributed by atoms with Crippen LogP contribution in [0.3, 0.4) is 0 Å². The number of hydrogen-bond acceptors (Lipinski definition) is 3. The van der Waals surface area contributed by atoms with Gasteiger partial charge in [-0.25, -0.2) is 4.98 Å². The lowest BCUT2D eigenvalue weighted by atomic mass is 9.99. The van der Waals surface area contributed by atoms with Crippen molar-refractivity contribution in [1.29, 1.82) is 0 Å². The maximum absolute atomic E-state index is 12.9. The maximum atomic E-state index is 12.9. The smallest absolute Gasteiger partial charge is 0.257 e. The van der Waals surface area contributed by atoms with Crippen LogP contribution in [0.4, 0.5) is 5.82 Å². The molecule has 1 aromatic heterocycles. The Kier molecular flexibility index (Phi) is 5.02. The van der Waals surface area contributed by atoms with Gasteiger partial charge in [-0.15, -0.1) is 0 Å². The number of aromatic nitrogens is 1. The van der Waals surface area contributed by atoms with Gasteiger partial charge in [-0.2, -0.15) is 0 Å². The van der Waals surface area contributed by atoms with Crippen molar-refractivity contribution in [3.05, 3.63) is 90.5 Å². The number of amides is 1. The minimum atomic E-state index is -0.188. The molecule has 0 aliphatic rings. The van der Waals surface area contributed by atoms with Crippen molar-refractivity contribution in [2.75, 3.05) is 11.9 Å². The molecular weight excluding hydrogens is 348 g/mol. The summed E-state index contributed by atoms with van der Waals surface area (Å²) in [5.74, 6) is 1.16. The lowest BCUT2D eigenvalue weighted by Crippen LogP contribution is -2.14. The Labute approximate surface area is 163 Å². The second-order valence-corrected chi connectivity index (χ2v) is 6.35. The lowest BCUT2D eigenvalue weighted by molar-refractivity contribution is 0.102. The van der Waals surface area contributed by atoms with E-state index in [4.69, 9.17) is 4.74 Å². The molecule has 1 heterocycles. The zero-order chi connectivity index (χ0) is 19.3. The van der Waals surface area contributed by atoms with E-state index in [2.05, 4.69) is 10.3 Å². The highest BCUT2D eigenvalue weighted by Gasteiger charge is 2.13. The number of fused-ring (bicyclic) bond motifs is 1. The molecule has 4 nitrogen and oxygen atoms in total. The van der Waals surface area contributed by atoms with Crippen LogP contribution in [-0.2, 0) is 0 Å². The fraction of sp³-hybridized carbons (Fsp3) is 0.0833. The number of carbonyl (C=O) groups is 1. The van der Waals surface area contributed by atoms with Crippen molar-refractivity contribution in [3.8, 4) is 16.9 Å². The number of anilines is 1. The fourth-order valence-corrected chi connectivity index (χ4v) is 3.15. The van der Waals surface area contributed by atoms with Crippen LogP contribution in [0, 0.1) is 0 Å². The summed E-state index contributed by atoms with van der Waals surface area (Å²) in [4.78, 5) is 17.5. The number of para-hydroxylation sites is 1. The van der Waals surface area contributed by atoms with Crippen LogP contribution < -0.4 is 10.1 Å². The SMILES string of the molecule is CCOc1ccc(-c2ccccc2C(=O)Nc2ccc3ccccc3n2)cc1. The van der Waals surface area contributed by atoms with E-state index in [0.717, 1.165) is 27.8 Å². The van der Waals surface area contributed by atoms with Gasteiger partial charge in [0.1, 0.15) is 11.6 Å². The molecule has 4 aromatic rings. The zero-order valence-electron chi connectivity index (χ0n) is 15.6. The summed E-state index contributed by atoms with van der Waals surface area (Å²) >= 11 is 0. The monoisotopic (exact) mass is 368 g/mol. The highest BCUT2D eigenvalue weighted by molar-refractivity contribution is 6.08. The van der Waals surface area contributed by atoms with Crippen LogP contribution >= 0.6 is 0 Å². The first-order chi connectivity index (χ1) is 13.7. The summed E-state index contributed by atoms with van der Waals surface area (Å²) in [6.07, 6.45) is 0. The minimum absolute atomic E-state index is 0.188. The first-order valence-corrected chi connectivity index (χ1v) is 9.24. The highest BCUT2D eigenvalue weighted by Crippen LogP contribution is 2.26. The normalized spacial score (nSPS) is 10.6. The summed E-state index contributed by atoms with van der Waals surface area (Å²) < 4.78 is 5.50. The van der Waals surface area contributed by atoms with Crippen molar-refractivity contribution < 1.29 is 9.53 Å². The van der Waals surface area contributed by atoms with Crippen LogP contribution in [0.1, 0.15) is 17.3 Å². The predicted molar refractivity (Wildman–Crippen MR) is 113 cm³/mol. The Balaban J connectivity index is 1.62. The van der Waals surface area contributed by atoms with E-state index in [1.807, 2.05) is 91.9 Å². The van der Waals surface area contributed by atoms with Crippen LogP contribution in [0.5, 0.6) is 5.75 Å². The van der Waals surface area contributed by atoms with Gasteiger partial charge in [0.05, 0.1) is 12.1 Å². The average Bonchev–Trinajstić information content (AvgIpc) is 2.74. The Bertz CT molecular complexity index is 1120. The van der Waals surface area contributed by atoms with Gasteiger partial charge in [0, 0.05) is 10.9 Å². The molecule has 0 fully saturated rings. The largest absolute Gasteiger partial charge is 0.494 e. The Morgan fingerprint density at radius 2 is 1.64 bits per heavy atom. The molecular formula is C24H20N2O2. The van der Waals surface area contributed by atoms with Gasteiger partial charge in [0.15, 0.2) is 0 Å². The summed E-state index contributed by atoms with van der Waals surface area (Å²) in [6.45, 7) is 2.57. The van der Waals surface area contributed by atoms with Gasteiger partial charge in [0.2, 0.25) is 0 Å². The van der Waals surface area contributed by atoms with E-state index < -0.39 is 0 Å². The van der Waals surface area contributed by atoms with Crippen LogP contribution in [0.25, 0.3) is 22.0 Å². The number of nitrogens with one attached hydrogen (secondary N) is 1. The third kappa shape index (κ3) is 3.71. The first kappa shape index (κ1) is 17.7. The number of ether oxygens (including phenoxy) is 1. The topological polar surface area (TPSA) is 51.2 Å². The maximum Gasteiger partial charge on any atom is 0.257 e. The van der Waals surface area contributed by atoms with Gasteiger partial charge < -0.3 is 10.1 Å². The minimum Gasteiger partial charge on any atom is -0.494 e. The van der Waals surface area contributed by atoms with Crippen LogP contribution in [-0.4, -0.2) is 17.5 Å². The van der Waals surface area contributed by atoms with E-state index >= 15 is 0 Å². The third-order valence-corrected chi connectivity index (χ3v) is 4.49. The summed E-state index contributed by atoms with van der Waals surface area (Å²) in [5, 5.41) is 3.95. The van der Waals surface area contributed by atoms with E-state index in [1.54, 1.807) is 0 Å². The molecule has 1 amide bonds. The molecule has 0 saturated carbocycles. The molecule has 0 aliphatic carbocycles. The second-order valence-electron chi connectivity index (χ2n) is 6.35. The third-order valence-electron chi connectivity index (χ3n) is 4.49. The number of nitrogens with zero attached hydrogens (tertiary/aromatic N) is 1. The number of pyridine rings is 1. The molecule has 3 aromatic carbocycles. The van der Waals surface area contributed by atoms with Gasteiger partial charge in [-0.1, -0.05) is 48.5 Å². The second kappa shape index (κ2) is 7.92. The van der Waals surface area contributed by atoms with Crippen molar-refractivity contribution in [1.82, 2.24) is 4.98 Å². The number of carbonyl (C=O) groups excluding carboxylic acids is 1. The van der Waals surface area contributed by atoms with Gasteiger partial charge in [-0.3, -0.25) is 4.79 Å². The number of benzene rings is 3. The Morgan fingerprint density at radius 3 is 2.46 bits per heavy atom. The Morgan fingerprint density at radius 1 is 0.893 bits per heavy atom. The van der Waals surface area contributed by atoms with Crippen molar-refractivity contribution in [3.63, 3.8) is 0 Å². The molecule has 4 heteroatoms. The molecule has 0 bridgehead atoms. The standard InChI is InChI=1S/C24H20N2O2/c1-2-28-19-14-11-17(12-15-19)20-8-4-5-9-21(20)24(27)26-23-16-13-18-7-3-6-10-22(18)25-23/h3-16H,2H2,1H3,(H,25,26,27). The van der Waals surface area contributed by atoms with Crippen LogP contribution in [0.2, 0.25) is 0 Å². The molecule has 0 saturated heterocycles. The number of hydrogen-bond donors (Lipinski definition) is 1. The fourth-order valence-electron chi connectivity index (χ4n) is 3.15. The van der Waals surface area contributed by atoms with E-state index in [1.165, 1.54) is 0 Å². The average molecular weight is 368 g/mol. The van der Waals surface area contributed by atoms with Crippen molar-refractivity contribution in [2.45, 2.75) is 6.92 Å². The van der Waals surface area contributed by atoms with E-state index in [0.29, 0.717) is 18.0 Å². The molecule has 0 atom stereocenters. The summed E-state index contributed by atoms with van der Waals surface area (Å²) in [5.41, 5.74) is 3.27. The quantitative estimate of drug-likeness (QED) is 0.502. The van der Waals surface area contributed by atoms with Crippen molar-refractivity contribution in [2.24, 2.45) is 0 Å². The molecule has 0 unspecified atom stereocenters. The van der Waals surface area contributed by atoms with Gasteiger partial charge in [-0.05, 0) is 54.4 Å². The molecule has 28 heavy (non-hydrogen) atoms. The molecule has 0 spiro atoms. The number of rotatable bonds is 5. The Hall–Kier alpha value is -3.66. The predicted octanol–water partition coefficient (Wildman–Crippen LogP) is 5.55. The molecule has 4 rings (SSSR count). The van der Waals surface area contributed by atoms with Crippen molar-refractivity contribution >= 4 is 22.6 Å². The zero-order valence-corrected chi connectivity index (χ0v) is 15.6.